The summed E-state index contributed by atoms with van der Waals surface area (Å²) in [4.78, 5) is 0. The van der Waals surface area contributed by atoms with Gasteiger partial charge >= 0.3 is 0 Å². The van der Waals surface area contributed by atoms with Crippen LogP contribution in [0, 0.1) is 11.6 Å². The smallest absolute Gasteiger partial charge is 0.133 e. The minimum absolute atomic E-state index is 0.246. The maximum atomic E-state index is 13.3. The van der Waals surface area contributed by atoms with Crippen LogP contribution in [-0.2, 0) is 6.42 Å². The summed E-state index contributed by atoms with van der Waals surface area (Å²) in [5, 5.41) is 0. The van der Waals surface area contributed by atoms with Crippen molar-refractivity contribution in [3.05, 3.63) is 29.3 Å². The molecule has 0 saturated heterocycles. The lowest BCUT2D eigenvalue weighted by atomic mass is 10.1. The third kappa shape index (κ3) is 2.42. The number of halogens is 2. The zero-order chi connectivity index (χ0) is 10.6. The van der Waals surface area contributed by atoms with E-state index in [2.05, 4.69) is 0 Å². The van der Waals surface area contributed by atoms with Gasteiger partial charge in [-0.1, -0.05) is 0 Å². The van der Waals surface area contributed by atoms with E-state index in [-0.39, 0.29) is 5.75 Å². The Morgan fingerprint density at radius 2 is 2.07 bits per heavy atom. The molecule has 2 N–H and O–H groups in total. The molecular weight excluding hydrogens is 188 g/mol. The van der Waals surface area contributed by atoms with Crippen LogP contribution in [0.5, 0.6) is 5.75 Å². The van der Waals surface area contributed by atoms with Crippen LogP contribution in [0.3, 0.4) is 0 Å². The van der Waals surface area contributed by atoms with Gasteiger partial charge in [-0.05, 0) is 19.4 Å². The number of methoxy groups -OCH3 is 1. The first-order valence-electron chi connectivity index (χ1n) is 4.41. The summed E-state index contributed by atoms with van der Waals surface area (Å²) in [6.45, 7) is 0.472. The topological polar surface area (TPSA) is 35.2 Å². The number of ether oxygens (including phenoxy) is 1. The summed E-state index contributed by atoms with van der Waals surface area (Å²) < 4.78 is 30.9. The molecule has 0 bridgehead atoms. The molecule has 1 aromatic carbocycles. The Bertz CT molecular complexity index is 315. The van der Waals surface area contributed by atoms with Crippen LogP contribution < -0.4 is 10.5 Å². The SMILES string of the molecule is COc1cc(F)cc(F)c1CCCN. The fourth-order valence-corrected chi connectivity index (χ4v) is 1.28. The zero-order valence-electron chi connectivity index (χ0n) is 8.02. The maximum Gasteiger partial charge on any atom is 0.133 e. The van der Waals surface area contributed by atoms with Crippen molar-refractivity contribution < 1.29 is 13.5 Å². The van der Waals surface area contributed by atoms with Gasteiger partial charge in [0.05, 0.1) is 7.11 Å². The Morgan fingerprint density at radius 3 is 2.64 bits per heavy atom. The van der Waals surface area contributed by atoms with Gasteiger partial charge in [0.2, 0.25) is 0 Å². The standard InChI is InChI=1S/C10H13F2NO/c1-14-10-6-7(11)5-9(12)8(10)3-2-4-13/h5-6H,2-4,13H2,1H3. The molecule has 1 rings (SSSR count). The molecular formula is C10H13F2NO. The molecule has 0 aliphatic heterocycles. The molecule has 0 fully saturated rings. The van der Waals surface area contributed by atoms with Crippen molar-refractivity contribution in [2.75, 3.05) is 13.7 Å². The van der Waals surface area contributed by atoms with Crippen LogP contribution in [0.25, 0.3) is 0 Å². The second-order valence-electron chi connectivity index (χ2n) is 2.96. The Balaban J connectivity index is 2.99. The van der Waals surface area contributed by atoms with E-state index >= 15 is 0 Å². The van der Waals surface area contributed by atoms with Gasteiger partial charge in [-0.3, -0.25) is 0 Å². The third-order valence-electron chi connectivity index (χ3n) is 1.97. The molecule has 78 valence electrons. The quantitative estimate of drug-likeness (QED) is 0.807. The first kappa shape index (κ1) is 10.9. The van der Waals surface area contributed by atoms with Gasteiger partial charge in [-0.2, -0.15) is 0 Å². The van der Waals surface area contributed by atoms with Crippen LogP contribution in [0.1, 0.15) is 12.0 Å². The molecule has 0 spiro atoms. The predicted molar refractivity (Wildman–Crippen MR) is 50.3 cm³/mol. The average molecular weight is 201 g/mol. The second kappa shape index (κ2) is 4.91. The molecule has 4 heteroatoms. The van der Waals surface area contributed by atoms with Crippen LogP contribution in [0.2, 0.25) is 0 Å². The molecule has 0 aliphatic rings. The molecule has 0 heterocycles. The molecule has 1 aromatic rings. The Labute approximate surface area is 81.7 Å². The maximum absolute atomic E-state index is 13.3. The minimum Gasteiger partial charge on any atom is -0.496 e. The number of nitrogens with two attached hydrogens (primary N) is 1. The lowest BCUT2D eigenvalue weighted by Crippen LogP contribution is -2.03. The van der Waals surface area contributed by atoms with Crippen molar-refractivity contribution in [3.63, 3.8) is 0 Å². The van der Waals surface area contributed by atoms with Gasteiger partial charge < -0.3 is 10.5 Å². The fraction of sp³-hybridized carbons (Fsp3) is 0.400. The van der Waals surface area contributed by atoms with E-state index in [1.165, 1.54) is 13.2 Å². The highest BCUT2D eigenvalue weighted by molar-refractivity contribution is 5.35. The van der Waals surface area contributed by atoms with Gasteiger partial charge in [0.15, 0.2) is 0 Å². The molecule has 14 heavy (non-hydrogen) atoms. The molecule has 0 amide bonds. The number of rotatable bonds is 4. The van der Waals surface area contributed by atoms with Crippen molar-refractivity contribution in [2.24, 2.45) is 5.73 Å². The summed E-state index contributed by atoms with van der Waals surface area (Å²) in [6.07, 6.45) is 1.12. The monoisotopic (exact) mass is 201 g/mol. The Morgan fingerprint density at radius 1 is 1.36 bits per heavy atom. The fourth-order valence-electron chi connectivity index (χ4n) is 1.28. The molecule has 0 radical (unpaired) electrons. The average Bonchev–Trinajstić information content (AvgIpc) is 2.15. The van der Waals surface area contributed by atoms with E-state index in [4.69, 9.17) is 10.5 Å². The van der Waals surface area contributed by atoms with Crippen molar-refractivity contribution in [3.8, 4) is 5.75 Å². The Hall–Kier alpha value is -1.16. The molecule has 0 aliphatic carbocycles. The number of hydrogen-bond acceptors (Lipinski definition) is 2. The van der Waals surface area contributed by atoms with E-state index in [9.17, 15) is 8.78 Å². The van der Waals surface area contributed by atoms with Crippen molar-refractivity contribution in [1.29, 1.82) is 0 Å². The molecule has 0 atom stereocenters. The van der Waals surface area contributed by atoms with Crippen molar-refractivity contribution >= 4 is 0 Å². The molecule has 0 saturated carbocycles. The summed E-state index contributed by atoms with van der Waals surface area (Å²) in [5.74, 6) is -0.956. The minimum atomic E-state index is -0.629. The summed E-state index contributed by atoms with van der Waals surface area (Å²) >= 11 is 0. The van der Waals surface area contributed by atoms with E-state index in [0.29, 0.717) is 24.9 Å². The van der Waals surface area contributed by atoms with E-state index < -0.39 is 11.6 Å². The summed E-state index contributed by atoms with van der Waals surface area (Å²) in [7, 11) is 1.39. The zero-order valence-corrected chi connectivity index (χ0v) is 8.02. The molecule has 2 nitrogen and oxygen atoms in total. The van der Waals surface area contributed by atoms with Gasteiger partial charge in [0.25, 0.3) is 0 Å². The number of hydrogen-bond donors (Lipinski definition) is 1. The predicted octanol–water partition coefficient (Wildman–Crippen LogP) is 1.86. The normalized spacial score (nSPS) is 10.3. The lowest BCUT2D eigenvalue weighted by Gasteiger charge is -2.09. The summed E-state index contributed by atoms with van der Waals surface area (Å²) in [5.41, 5.74) is 5.70. The van der Waals surface area contributed by atoms with Crippen LogP contribution in [0.4, 0.5) is 8.78 Å². The van der Waals surface area contributed by atoms with Gasteiger partial charge in [0, 0.05) is 17.7 Å². The van der Waals surface area contributed by atoms with Crippen molar-refractivity contribution in [2.45, 2.75) is 12.8 Å². The highest BCUT2D eigenvalue weighted by atomic mass is 19.1. The highest BCUT2D eigenvalue weighted by Crippen LogP contribution is 2.24. The largest absolute Gasteiger partial charge is 0.496 e. The van der Waals surface area contributed by atoms with E-state index in [0.717, 1.165) is 6.07 Å². The number of benzene rings is 1. The van der Waals surface area contributed by atoms with Crippen LogP contribution in [-0.4, -0.2) is 13.7 Å². The van der Waals surface area contributed by atoms with Crippen molar-refractivity contribution in [1.82, 2.24) is 0 Å². The van der Waals surface area contributed by atoms with Crippen LogP contribution in [0.15, 0.2) is 12.1 Å². The Kier molecular flexibility index (Phi) is 3.83. The first-order valence-corrected chi connectivity index (χ1v) is 4.41. The lowest BCUT2D eigenvalue weighted by molar-refractivity contribution is 0.399. The highest BCUT2D eigenvalue weighted by Gasteiger charge is 2.10. The molecule has 0 aromatic heterocycles. The summed E-state index contributed by atoms with van der Waals surface area (Å²) in [6, 6.07) is 2.03. The van der Waals surface area contributed by atoms with Gasteiger partial charge in [-0.25, -0.2) is 8.78 Å². The molecule has 0 unspecified atom stereocenters. The van der Waals surface area contributed by atoms with Crippen LogP contribution >= 0.6 is 0 Å². The van der Waals surface area contributed by atoms with Gasteiger partial charge in [-0.15, -0.1) is 0 Å². The van der Waals surface area contributed by atoms with E-state index in [1.807, 2.05) is 0 Å². The van der Waals surface area contributed by atoms with Gasteiger partial charge in [0.1, 0.15) is 17.4 Å². The van der Waals surface area contributed by atoms with E-state index in [1.54, 1.807) is 0 Å². The third-order valence-corrected chi connectivity index (χ3v) is 1.97. The second-order valence-corrected chi connectivity index (χ2v) is 2.96. The first-order chi connectivity index (χ1) is 6.69.